The van der Waals surface area contributed by atoms with Gasteiger partial charge in [-0.1, -0.05) is 0 Å². The van der Waals surface area contributed by atoms with E-state index in [1.807, 2.05) is 0 Å². The third kappa shape index (κ3) is 2.90. The van der Waals surface area contributed by atoms with Crippen LogP contribution in [0, 0.1) is 5.92 Å². The molecule has 0 bridgehead atoms. The third-order valence-corrected chi connectivity index (χ3v) is 4.07. The predicted molar refractivity (Wildman–Crippen MR) is 56.9 cm³/mol. The van der Waals surface area contributed by atoms with Crippen LogP contribution in [-0.2, 0) is 14.8 Å². The maximum atomic E-state index is 10.9. The Hall–Kier alpha value is -0.170. The van der Waals surface area contributed by atoms with Crippen LogP contribution in [0.1, 0.15) is 12.8 Å². The molecule has 2 aliphatic heterocycles. The van der Waals surface area contributed by atoms with Gasteiger partial charge < -0.3 is 4.74 Å². The number of fused-ring (bicyclic) bond motifs is 1. The second-order valence-corrected chi connectivity index (χ2v) is 6.14. The second kappa shape index (κ2) is 4.37. The topological polar surface area (TPSA) is 72.6 Å². The van der Waals surface area contributed by atoms with Crippen molar-refractivity contribution in [2.45, 2.75) is 18.9 Å². The van der Waals surface area contributed by atoms with Crippen molar-refractivity contribution >= 4 is 10.0 Å². The molecule has 2 saturated heterocycles. The molecule has 0 aromatic heterocycles. The number of sulfonamides is 1. The standard InChI is InChI=1S/C9H18N2O3S/c10-15(12,13)5-4-11-3-1-2-8-6-14-7-9(8)11/h8-9H,1-7H2,(H2,10,12,13)/t8-,9+/m1/s1. The van der Waals surface area contributed by atoms with Crippen molar-refractivity contribution in [1.29, 1.82) is 0 Å². The molecule has 0 spiro atoms. The first kappa shape index (κ1) is 11.3. The van der Waals surface area contributed by atoms with Crippen LogP contribution in [0.2, 0.25) is 0 Å². The van der Waals surface area contributed by atoms with Crippen LogP contribution < -0.4 is 5.14 Å². The summed E-state index contributed by atoms with van der Waals surface area (Å²) in [6, 6.07) is 0.417. The van der Waals surface area contributed by atoms with E-state index in [0.717, 1.165) is 26.2 Å². The van der Waals surface area contributed by atoms with Gasteiger partial charge in [0.15, 0.2) is 0 Å². The Bertz CT molecular complexity index is 317. The van der Waals surface area contributed by atoms with Gasteiger partial charge in [-0.2, -0.15) is 0 Å². The van der Waals surface area contributed by atoms with Crippen LogP contribution in [0.4, 0.5) is 0 Å². The highest BCUT2D eigenvalue weighted by molar-refractivity contribution is 7.89. The summed E-state index contributed by atoms with van der Waals surface area (Å²) < 4.78 is 27.2. The Morgan fingerprint density at radius 1 is 1.40 bits per heavy atom. The quantitative estimate of drug-likeness (QED) is 0.707. The van der Waals surface area contributed by atoms with Gasteiger partial charge in [0, 0.05) is 18.5 Å². The molecule has 0 saturated carbocycles. The summed E-state index contributed by atoms with van der Waals surface area (Å²) in [6.07, 6.45) is 2.34. The van der Waals surface area contributed by atoms with Crippen molar-refractivity contribution < 1.29 is 13.2 Å². The second-order valence-electron chi connectivity index (χ2n) is 4.41. The Labute approximate surface area is 90.6 Å². The molecule has 0 aliphatic carbocycles. The van der Waals surface area contributed by atoms with Gasteiger partial charge in [0.2, 0.25) is 10.0 Å². The highest BCUT2D eigenvalue weighted by Crippen LogP contribution is 2.28. The van der Waals surface area contributed by atoms with Crippen molar-refractivity contribution in [2.75, 3.05) is 32.1 Å². The molecule has 2 atom stereocenters. The largest absolute Gasteiger partial charge is 0.379 e. The van der Waals surface area contributed by atoms with Crippen molar-refractivity contribution in [3.05, 3.63) is 0 Å². The fourth-order valence-corrected chi connectivity index (χ4v) is 3.00. The molecule has 15 heavy (non-hydrogen) atoms. The zero-order valence-electron chi connectivity index (χ0n) is 8.76. The van der Waals surface area contributed by atoms with Crippen LogP contribution in [0.5, 0.6) is 0 Å². The molecule has 2 fully saturated rings. The van der Waals surface area contributed by atoms with Gasteiger partial charge in [-0.05, 0) is 19.4 Å². The molecule has 0 unspecified atom stereocenters. The smallest absolute Gasteiger partial charge is 0.210 e. The number of primary sulfonamides is 1. The summed E-state index contributed by atoms with van der Waals surface area (Å²) in [5, 5.41) is 5.00. The van der Waals surface area contributed by atoms with Gasteiger partial charge >= 0.3 is 0 Å². The summed E-state index contributed by atoms with van der Waals surface area (Å²) in [4.78, 5) is 2.21. The molecule has 2 N–H and O–H groups in total. The summed E-state index contributed by atoms with van der Waals surface area (Å²) in [6.45, 7) is 3.09. The van der Waals surface area contributed by atoms with Crippen molar-refractivity contribution in [2.24, 2.45) is 11.1 Å². The number of hydrogen-bond acceptors (Lipinski definition) is 4. The summed E-state index contributed by atoms with van der Waals surface area (Å²) in [7, 11) is -3.33. The lowest BCUT2D eigenvalue weighted by Gasteiger charge is -2.36. The molecular weight excluding hydrogens is 216 g/mol. The van der Waals surface area contributed by atoms with Crippen LogP contribution in [0.15, 0.2) is 0 Å². The molecule has 0 amide bonds. The zero-order valence-corrected chi connectivity index (χ0v) is 9.58. The first-order chi connectivity index (χ1) is 7.06. The first-order valence-electron chi connectivity index (χ1n) is 5.38. The Morgan fingerprint density at radius 2 is 2.20 bits per heavy atom. The molecular formula is C9H18N2O3S. The highest BCUT2D eigenvalue weighted by Gasteiger charge is 2.35. The van der Waals surface area contributed by atoms with Gasteiger partial charge in [0.1, 0.15) is 0 Å². The maximum Gasteiger partial charge on any atom is 0.210 e. The normalized spacial score (nSPS) is 32.9. The van der Waals surface area contributed by atoms with E-state index in [1.54, 1.807) is 0 Å². The summed E-state index contributed by atoms with van der Waals surface area (Å²) >= 11 is 0. The number of likely N-dealkylation sites (tertiary alicyclic amines) is 1. The van der Waals surface area contributed by atoms with Crippen molar-refractivity contribution in [1.82, 2.24) is 4.90 Å². The molecule has 88 valence electrons. The third-order valence-electron chi connectivity index (χ3n) is 3.32. The fraction of sp³-hybridized carbons (Fsp3) is 1.00. The van der Waals surface area contributed by atoms with Gasteiger partial charge in [-0.3, -0.25) is 4.90 Å². The molecule has 0 radical (unpaired) electrons. The predicted octanol–water partition coefficient (Wildman–Crippen LogP) is -0.614. The number of piperidine rings is 1. The molecule has 2 rings (SSSR count). The number of nitrogens with zero attached hydrogens (tertiary/aromatic N) is 1. The van der Waals surface area contributed by atoms with E-state index in [1.165, 1.54) is 6.42 Å². The molecule has 2 aliphatic rings. The average molecular weight is 234 g/mol. The summed E-state index contributed by atoms with van der Waals surface area (Å²) in [5.74, 6) is 0.648. The number of rotatable bonds is 3. The van der Waals surface area contributed by atoms with E-state index in [-0.39, 0.29) is 5.75 Å². The van der Waals surface area contributed by atoms with Crippen molar-refractivity contribution in [3.63, 3.8) is 0 Å². The molecule has 5 nitrogen and oxygen atoms in total. The zero-order chi connectivity index (χ0) is 10.9. The molecule has 6 heteroatoms. The Balaban J connectivity index is 1.91. The van der Waals surface area contributed by atoms with E-state index in [2.05, 4.69) is 4.90 Å². The monoisotopic (exact) mass is 234 g/mol. The average Bonchev–Trinajstić information content (AvgIpc) is 2.61. The van der Waals surface area contributed by atoms with Gasteiger partial charge in [0.25, 0.3) is 0 Å². The number of ether oxygens (including phenoxy) is 1. The van der Waals surface area contributed by atoms with Crippen LogP contribution >= 0.6 is 0 Å². The molecule has 2 heterocycles. The summed E-state index contributed by atoms with van der Waals surface area (Å²) in [5.41, 5.74) is 0. The van der Waals surface area contributed by atoms with Gasteiger partial charge in [-0.15, -0.1) is 0 Å². The Kier molecular flexibility index (Phi) is 3.30. The first-order valence-corrected chi connectivity index (χ1v) is 7.10. The van der Waals surface area contributed by atoms with E-state index in [0.29, 0.717) is 18.5 Å². The number of hydrogen-bond donors (Lipinski definition) is 1. The van der Waals surface area contributed by atoms with Crippen LogP contribution in [0.25, 0.3) is 0 Å². The SMILES string of the molecule is NS(=O)(=O)CCN1CCC[C@@H]2COC[C@@H]21. The fourth-order valence-electron chi connectivity index (χ4n) is 2.51. The minimum absolute atomic E-state index is 0.0518. The highest BCUT2D eigenvalue weighted by atomic mass is 32.2. The van der Waals surface area contributed by atoms with Gasteiger partial charge in [-0.25, -0.2) is 13.6 Å². The van der Waals surface area contributed by atoms with Crippen LogP contribution in [0.3, 0.4) is 0 Å². The lowest BCUT2D eigenvalue weighted by molar-refractivity contribution is 0.124. The Morgan fingerprint density at radius 3 is 2.93 bits per heavy atom. The number of nitrogens with two attached hydrogens (primary N) is 1. The van der Waals surface area contributed by atoms with Crippen LogP contribution in [-0.4, -0.2) is 51.4 Å². The maximum absolute atomic E-state index is 10.9. The van der Waals surface area contributed by atoms with Crippen molar-refractivity contribution in [3.8, 4) is 0 Å². The molecule has 0 aromatic carbocycles. The lowest BCUT2D eigenvalue weighted by atomic mass is 9.92. The van der Waals surface area contributed by atoms with Gasteiger partial charge in [0.05, 0.1) is 19.0 Å². The van der Waals surface area contributed by atoms with E-state index in [4.69, 9.17) is 9.88 Å². The minimum Gasteiger partial charge on any atom is -0.379 e. The molecule has 0 aromatic rings. The van der Waals surface area contributed by atoms with E-state index in [9.17, 15) is 8.42 Å². The van der Waals surface area contributed by atoms with E-state index >= 15 is 0 Å². The lowest BCUT2D eigenvalue weighted by Crippen LogP contribution is -2.47. The van der Waals surface area contributed by atoms with E-state index < -0.39 is 10.0 Å². The minimum atomic E-state index is -3.33.